The summed E-state index contributed by atoms with van der Waals surface area (Å²) in [5.41, 5.74) is 9.55. The molecule has 0 aliphatic heterocycles. The highest BCUT2D eigenvalue weighted by Gasteiger charge is 2.16. The molecule has 6 rings (SSSR count). The summed E-state index contributed by atoms with van der Waals surface area (Å²) in [7, 11) is 0. The summed E-state index contributed by atoms with van der Waals surface area (Å²) in [6, 6.07) is 24.2. The summed E-state index contributed by atoms with van der Waals surface area (Å²) in [6.45, 7) is 10.1. The predicted octanol–water partition coefficient (Wildman–Crippen LogP) is 8.04. The molecule has 6 nitrogen and oxygen atoms in total. The molecule has 0 saturated carbocycles. The Morgan fingerprint density at radius 1 is 0.951 bits per heavy atom. The Bertz CT molecular complexity index is 1980. The molecular weight excluding hydrogens is 511 g/mol. The van der Waals surface area contributed by atoms with Crippen molar-refractivity contribution < 1.29 is 4.39 Å². The Hall–Kier alpha value is -5.56. The molecule has 7 heteroatoms. The van der Waals surface area contributed by atoms with Crippen LogP contribution in [0, 0.1) is 5.82 Å². The van der Waals surface area contributed by atoms with E-state index in [-0.39, 0.29) is 5.82 Å². The number of benzene rings is 2. The molecule has 4 aromatic heterocycles. The van der Waals surface area contributed by atoms with Crippen molar-refractivity contribution >= 4 is 33.2 Å². The van der Waals surface area contributed by atoms with Crippen LogP contribution in [0.1, 0.15) is 18.2 Å². The number of hydrogen-bond acceptors (Lipinski definition) is 4. The zero-order valence-electron chi connectivity index (χ0n) is 22.4. The SMILES string of the molecule is C=C/C(=C\C(=C/C)c1ccc2[nH]nc(-c3cc4c(-c5cccc(F)c5)nccc4[nH]3)c2n1)NC(=C)c1ccccc1. The molecular formula is C34H27FN6. The molecule has 0 saturated heterocycles. The molecule has 4 heterocycles. The van der Waals surface area contributed by atoms with Crippen LogP contribution in [-0.4, -0.2) is 25.1 Å². The fraction of sp³-hybridized carbons (Fsp3) is 0.0294. The lowest BCUT2D eigenvalue weighted by molar-refractivity contribution is 0.628. The van der Waals surface area contributed by atoms with Crippen molar-refractivity contribution in [1.82, 2.24) is 30.5 Å². The maximum Gasteiger partial charge on any atom is 0.135 e. The number of fused-ring (bicyclic) bond motifs is 2. The van der Waals surface area contributed by atoms with Gasteiger partial charge in [-0.3, -0.25) is 10.1 Å². The topological polar surface area (TPSA) is 82.3 Å². The van der Waals surface area contributed by atoms with Crippen LogP contribution in [0.4, 0.5) is 4.39 Å². The van der Waals surface area contributed by atoms with Crippen molar-refractivity contribution in [2.24, 2.45) is 0 Å². The zero-order chi connectivity index (χ0) is 28.3. The molecule has 0 fully saturated rings. The number of H-pyrrole nitrogens is 2. The van der Waals surface area contributed by atoms with Crippen LogP contribution in [0.25, 0.3) is 55.9 Å². The van der Waals surface area contributed by atoms with Gasteiger partial charge in [-0.05, 0) is 66.6 Å². The lowest BCUT2D eigenvalue weighted by Crippen LogP contribution is -2.09. The fourth-order valence-electron chi connectivity index (χ4n) is 4.80. The number of allylic oxidation sites excluding steroid dienone is 4. The molecule has 0 spiro atoms. The Kier molecular flexibility index (Phi) is 6.83. The Labute approximate surface area is 236 Å². The highest BCUT2D eigenvalue weighted by atomic mass is 19.1. The molecule has 3 N–H and O–H groups in total. The van der Waals surface area contributed by atoms with E-state index in [4.69, 9.17) is 4.98 Å². The van der Waals surface area contributed by atoms with E-state index >= 15 is 0 Å². The van der Waals surface area contributed by atoms with E-state index in [2.05, 4.69) is 38.6 Å². The molecule has 41 heavy (non-hydrogen) atoms. The van der Waals surface area contributed by atoms with E-state index in [0.29, 0.717) is 17.0 Å². The molecule has 6 aromatic rings. The minimum atomic E-state index is -0.305. The van der Waals surface area contributed by atoms with Gasteiger partial charge in [0.1, 0.15) is 17.0 Å². The van der Waals surface area contributed by atoms with Crippen molar-refractivity contribution in [3.8, 4) is 22.6 Å². The van der Waals surface area contributed by atoms with Gasteiger partial charge in [0.15, 0.2) is 0 Å². The van der Waals surface area contributed by atoms with Crippen LogP contribution in [0.5, 0.6) is 0 Å². The average Bonchev–Trinajstić information content (AvgIpc) is 3.63. The third-order valence-corrected chi connectivity index (χ3v) is 6.86. The largest absolute Gasteiger partial charge is 0.356 e. The summed E-state index contributed by atoms with van der Waals surface area (Å²) in [5, 5.41) is 11.9. The first kappa shape index (κ1) is 25.7. The summed E-state index contributed by atoms with van der Waals surface area (Å²) in [5.74, 6) is -0.305. The smallest absolute Gasteiger partial charge is 0.135 e. The van der Waals surface area contributed by atoms with Crippen LogP contribution in [0.3, 0.4) is 0 Å². The van der Waals surface area contributed by atoms with Crippen LogP contribution in [0.2, 0.25) is 0 Å². The maximum atomic E-state index is 13.9. The predicted molar refractivity (Wildman–Crippen MR) is 165 cm³/mol. The third kappa shape index (κ3) is 5.08. The molecule has 200 valence electrons. The van der Waals surface area contributed by atoms with E-state index in [1.54, 1.807) is 18.3 Å². The second kappa shape index (κ2) is 10.9. The Morgan fingerprint density at radius 3 is 2.59 bits per heavy atom. The van der Waals surface area contributed by atoms with Crippen molar-refractivity contribution in [1.29, 1.82) is 0 Å². The van der Waals surface area contributed by atoms with Crippen molar-refractivity contribution in [3.63, 3.8) is 0 Å². The van der Waals surface area contributed by atoms with Gasteiger partial charge in [-0.1, -0.05) is 61.7 Å². The van der Waals surface area contributed by atoms with Crippen LogP contribution >= 0.6 is 0 Å². The normalized spacial score (nSPS) is 12.1. The van der Waals surface area contributed by atoms with Crippen molar-refractivity contribution in [2.75, 3.05) is 0 Å². The average molecular weight is 539 g/mol. The fourth-order valence-corrected chi connectivity index (χ4v) is 4.80. The van der Waals surface area contributed by atoms with Gasteiger partial charge in [0.25, 0.3) is 0 Å². The van der Waals surface area contributed by atoms with E-state index < -0.39 is 0 Å². The lowest BCUT2D eigenvalue weighted by atomic mass is 10.1. The molecule has 0 aliphatic rings. The van der Waals surface area contributed by atoms with Crippen LogP contribution < -0.4 is 5.32 Å². The summed E-state index contributed by atoms with van der Waals surface area (Å²) >= 11 is 0. The standard InChI is InChI=1S/C34H27FN6/c1-4-22(19-26(5-2)37-21(3)23-10-7-6-8-11-23)28-14-15-30-33(39-28)34(41-40-30)31-20-27-29(38-31)16-17-36-32(27)24-12-9-13-25(35)18-24/h4-20,37-38H,2-3H2,1H3,(H,40,41)/b22-4+,26-19+. The Balaban J connectivity index is 1.36. The van der Waals surface area contributed by atoms with Crippen molar-refractivity contribution in [3.05, 3.63) is 139 Å². The van der Waals surface area contributed by atoms with Gasteiger partial charge in [0, 0.05) is 34.1 Å². The monoisotopic (exact) mass is 538 g/mol. The van der Waals surface area contributed by atoms with Gasteiger partial charge in [-0.25, -0.2) is 9.37 Å². The number of nitrogens with one attached hydrogen (secondary N) is 3. The van der Waals surface area contributed by atoms with E-state index in [0.717, 1.165) is 55.9 Å². The second-order valence-corrected chi connectivity index (χ2v) is 9.50. The summed E-state index contributed by atoms with van der Waals surface area (Å²) in [4.78, 5) is 13.0. The molecule has 0 atom stereocenters. The minimum absolute atomic E-state index is 0.305. The van der Waals surface area contributed by atoms with Crippen molar-refractivity contribution in [2.45, 2.75) is 6.92 Å². The highest BCUT2D eigenvalue weighted by molar-refractivity contribution is 5.99. The Morgan fingerprint density at radius 2 is 1.80 bits per heavy atom. The van der Waals surface area contributed by atoms with Gasteiger partial charge in [-0.15, -0.1) is 0 Å². The first-order chi connectivity index (χ1) is 20.0. The summed E-state index contributed by atoms with van der Waals surface area (Å²) in [6.07, 6.45) is 7.47. The number of aromatic nitrogens is 5. The molecule has 0 amide bonds. The molecule has 0 radical (unpaired) electrons. The number of hydrogen-bond donors (Lipinski definition) is 3. The van der Waals surface area contributed by atoms with Gasteiger partial charge in [0.05, 0.1) is 22.6 Å². The van der Waals surface area contributed by atoms with Gasteiger partial charge >= 0.3 is 0 Å². The number of pyridine rings is 2. The number of halogens is 1. The zero-order valence-corrected chi connectivity index (χ0v) is 22.4. The second-order valence-electron chi connectivity index (χ2n) is 9.50. The first-order valence-electron chi connectivity index (χ1n) is 13.2. The van der Waals surface area contributed by atoms with Crippen LogP contribution in [0.15, 0.2) is 122 Å². The van der Waals surface area contributed by atoms with E-state index in [9.17, 15) is 4.39 Å². The minimum Gasteiger partial charge on any atom is -0.356 e. The number of aromatic amines is 2. The highest BCUT2D eigenvalue weighted by Crippen LogP contribution is 2.33. The van der Waals surface area contributed by atoms with Gasteiger partial charge in [0.2, 0.25) is 0 Å². The summed E-state index contributed by atoms with van der Waals surface area (Å²) < 4.78 is 13.9. The quantitative estimate of drug-likeness (QED) is 0.171. The number of nitrogens with zero attached hydrogens (tertiary/aromatic N) is 3. The molecule has 0 unspecified atom stereocenters. The first-order valence-corrected chi connectivity index (χ1v) is 13.2. The molecule has 0 aliphatic carbocycles. The van der Waals surface area contributed by atoms with Crippen LogP contribution in [-0.2, 0) is 0 Å². The van der Waals surface area contributed by atoms with Gasteiger partial charge in [-0.2, -0.15) is 5.10 Å². The van der Waals surface area contributed by atoms with E-state index in [1.165, 1.54) is 12.1 Å². The maximum absolute atomic E-state index is 13.9. The van der Waals surface area contributed by atoms with Gasteiger partial charge < -0.3 is 10.3 Å². The molecule has 0 bridgehead atoms. The number of rotatable bonds is 8. The molecule has 2 aromatic carbocycles. The van der Waals surface area contributed by atoms with E-state index in [1.807, 2.05) is 79.7 Å². The lowest BCUT2D eigenvalue weighted by Gasteiger charge is -2.12. The third-order valence-electron chi connectivity index (χ3n) is 6.86.